The van der Waals surface area contributed by atoms with Crippen molar-refractivity contribution in [3.05, 3.63) is 157 Å². The van der Waals surface area contributed by atoms with Gasteiger partial charge in [0.1, 0.15) is 11.2 Å². The highest BCUT2D eigenvalue weighted by atomic mass is 32.1. The summed E-state index contributed by atoms with van der Waals surface area (Å²) in [6.45, 7) is 4.74. The summed E-state index contributed by atoms with van der Waals surface area (Å²) in [5.74, 6) is 0. The Hall–Kier alpha value is -5.96. The topological polar surface area (TPSA) is 13.1 Å². The first-order valence-electron chi connectivity index (χ1n) is 17.8. The molecule has 11 aromatic rings. The number of rotatable bonds is 2. The number of hydrogen-bond acceptors (Lipinski definition) is 2. The van der Waals surface area contributed by atoms with Crippen molar-refractivity contribution >= 4 is 85.8 Å². The van der Waals surface area contributed by atoms with Crippen molar-refractivity contribution in [3.63, 3.8) is 0 Å². The van der Waals surface area contributed by atoms with Crippen molar-refractivity contribution in [1.82, 2.24) is 0 Å². The number of thiophene rings is 1. The molecule has 2 heterocycles. The van der Waals surface area contributed by atoms with E-state index in [4.69, 9.17) is 4.42 Å². The maximum atomic E-state index is 6.17. The fraction of sp³-hybridized carbons (Fsp3) is 0.0612. The molecule has 0 spiro atoms. The minimum absolute atomic E-state index is 0.0189. The predicted octanol–water partition coefficient (Wildman–Crippen LogP) is 14.5. The van der Waals surface area contributed by atoms with E-state index in [1.807, 2.05) is 23.5 Å². The molecule has 2 heteroatoms. The average Bonchev–Trinajstić information content (AvgIpc) is 3.80. The van der Waals surface area contributed by atoms with Gasteiger partial charge in [-0.15, -0.1) is 11.3 Å². The summed E-state index contributed by atoms with van der Waals surface area (Å²) < 4.78 is 8.87. The minimum Gasteiger partial charge on any atom is -0.456 e. The van der Waals surface area contributed by atoms with E-state index < -0.39 is 0 Å². The van der Waals surface area contributed by atoms with Crippen LogP contribution in [0.4, 0.5) is 0 Å². The fourth-order valence-electron chi connectivity index (χ4n) is 9.43. The van der Waals surface area contributed by atoms with E-state index in [9.17, 15) is 0 Å². The molecule has 0 fully saturated rings. The summed E-state index contributed by atoms with van der Waals surface area (Å²) >= 11 is 1.91. The molecule has 1 nitrogen and oxygen atoms in total. The Bertz CT molecular complexity index is 3280. The molecular formula is C49H30OS. The second kappa shape index (κ2) is 9.63. The summed E-state index contributed by atoms with van der Waals surface area (Å²) in [4.78, 5) is 0. The number of benzene rings is 9. The Balaban J connectivity index is 1.09. The maximum absolute atomic E-state index is 6.17. The molecule has 51 heavy (non-hydrogen) atoms. The summed E-state index contributed by atoms with van der Waals surface area (Å²) in [7, 11) is 0. The standard InChI is InChI=1S/C49H30OS/c1-49(2)39-9-5-3-8-36(39)47-40(49)21-24-44-48(47)38-26-30(16-23-43(38)51-44)32-18-12-28-13-19-34-31(17-11-27-14-20-35(32)46(28)45(27)34)29-15-22-42-37(25-29)33-7-4-6-10-41(33)50-42/h3-26H,1-2H3. The molecule has 238 valence electrons. The highest BCUT2D eigenvalue weighted by Gasteiger charge is 2.36. The quantitative estimate of drug-likeness (QED) is 0.167. The van der Waals surface area contributed by atoms with Crippen molar-refractivity contribution in [2.45, 2.75) is 19.3 Å². The molecule has 9 aromatic carbocycles. The Kier molecular flexibility index (Phi) is 5.25. The zero-order valence-corrected chi connectivity index (χ0v) is 29.0. The van der Waals surface area contributed by atoms with Crippen molar-refractivity contribution in [1.29, 1.82) is 0 Å². The lowest BCUT2D eigenvalue weighted by atomic mass is 9.82. The smallest absolute Gasteiger partial charge is 0.135 e. The largest absolute Gasteiger partial charge is 0.456 e. The minimum atomic E-state index is -0.0189. The number of furan rings is 1. The first-order chi connectivity index (χ1) is 25.0. The third-order valence-electron chi connectivity index (χ3n) is 11.8. The van der Waals surface area contributed by atoms with E-state index in [1.54, 1.807) is 0 Å². The van der Waals surface area contributed by atoms with Crippen LogP contribution in [0.25, 0.3) is 108 Å². The van der Waals surface area contributed by atoms with Crippen LogP contribution in [0.3, 0.4) is 0 Å². The van der Waals surface area contributed by atoms with Crippen LogP contribution in [0.1, 0.15) is 25.0 Å². The summed E-state index contributed by atoms with van der Waals surface area (Å²) in [6, 6.07) is 54.4. The second-order valence-electron chi connectivity index (χ2n) is 14.8. The van der Waals surface area contributed by atoms with E-state index in [0.717, 1.165) is 21.9 Å². The Morgan fingerprint density at radius 3 is 1.84 bits per heavy atom. The monoisotopic (exact) mass is 666 g/mol. The van der Waals surface area contributed by atoms with Gasteiger partial charge in [0.05, 0.1) is 0 Å². The molecule has 0 saturated carbocycles. The highest BCUT2D eigenvalue weighted by molar-refractivity contribution is 7.26. The van der Waals surface area contributed by atoms with Crippen LogP contribution < -0.4 is 0 Å². The number of fused-ring (bicyclic) bond motifs is 10. The normalized spacial score (nSPS) is 13.8. The average molecular weight is 667 g/mol. The van der Waals surface area contributed by atoms with Gasteiger partial charge in [-0.25, -0.2) is 0 Å². The van der Waals surface area contributed by atoms with Crippen LogP contribution in [0.15, 0.2) is 150 Å². The molecule has 1 aliphatic carbocycles. The van der Waals surface area contributed by atoms with Crippen LogP contribution >= 0.6 is 11.3 Å². The van der Waals surface area contributed by atoms with Gasteiger partial charge in [-0.05, 0) is 113 Å². The number of para-hydroxylation sites is 1. The second-order valence-corrected chi connectivity index (χ2v) is 15.9. The Morgan fingerprint density at radius 1 is 0.431 bits per heavy atom. The third-order valence-corrected chi connectivity index (χ3v) is 13.0. The van der Waals surface area contributed by atoms with Gasteiger partial charge in [0.2, 0.25) is 0 Å². The summed E-state index contributed by atoms with van der Waals surface area (Å²) in [5.41, 5.74) is 12.5. The molecule has 0 radical (unpaired) electrons. The molecule has 2 aromatic heterocycles. The van der Waals surface area contributed by atoms with Crippen molar-refractivity contribution in [2.24, 2.45) is 0 Å². The van der Waals surface area contributed by atoms with Gasteiger partial charge in [0.15, 0.2) is 0 Å². The molecule has 0 atom stereocenters. The van der Waals surface area contributed by atoms with E-state index >= 15 is 0 Å². The molecule has 0 aliphatic heterocycles. The van der Waals surface area contributed by atoms with Gasteiger partial charge >= 0.3 is 0 Å². The maximum Gasteiger partial charge on any atom is 0.135 e. The van der Waals surface area contributed by atoms with E-state index in [-0.39, 0.29) is 5.41 Å². The highest BCUT2D eigenvalue weighted by Crippen LogP contribution is 2.54. The van der Waals surface area contributed by atoms with Crippen LogP contribution in [-0.2, 0) is 5.41 Å². The van der Waals surface area contributed by atoms with Crippen LogP contribution in [0.2, 0.25) is 0 Å². The SMILES string of the molecule is CC1(C)c2ccccc2-c2c1ccc1sc3ccc(-c4ccc5ccc6c(-c7ccc8oc9ccccc9c8c7)ccc7ccc4c5c76)cc3c21. The van der Waals surface area contributed by atoms with E-state index in [1.165, 1.54) is 97.0 Å². The van der Waals surface area contributed by atoms with Crippen LogP contribution in [-0.4, -0.2) is 0 Å². The Labute approximate surface area is 298 Å². The predicted molar refractivity (Wildman–Crippen MR) is 219 cm³/mol. The molecule has 0 N–H and O–H groups in total. The van der Waals surface area contributed by atoms with Crippen molar-refractivity contribution < 1.29 is 4.42 Å². The Morgan fingerprint density at radius 2 is 1.06 bits per heavy atom. The van der Waals surface area contributed by atoms with Gasteiger partial charge in [0, 0.05) is 36.4 Å². The number of hydrogen-bond donors (Lipinski definition) is 0. The third kappa shape index (κ3) is 3.60. The fourth-order valence-corrected chi connectivity index (χ4v) is 10.5. The van der Waals surface area contributed by atoms with Gasteiger partial charge in [-0.3, -0.25) is 0 Å². The molecule has 0 bridgehead atoms. The summed E-state index contributed by atoms with van der Waals surface area (Å²) in [6.07, 6.45) is 0. The molecule has 0 saturated heterocycles. The van der Waals surface area contributed by atoms with E-state index in [2.05, 4.69) is 147 Å². The van der Waals surface area contributed by atoms with Gasteiger partial charge in [0.25, 0.3) is 0 Å². The van der Waals surface area contributed by atoms with Crippen LogP contribution in [0.5, 0.6) is 0 Å². The first-order valence-corrected chi connectivity index (χ1v) is 18.6. The van der Waals surface area contributed by atoms with Crippen molar-refractivity contribution in [3.8, 4) is 33.4 Å². The van der Waals surface area contributed by atoms with Crippen LogP contribution in [0, 0.1) is 0 Å². The lowest BCUT2D eigenvalue weighted by molar-refractivity contribution is 0.661. The van der Waals surface area contributed by atoms with Gasteiger partial charge < -0.3 is 4.42 Å². The first kappa shape index (κ1) is 27.8. The molecule has 0 amide bonds. The molecule has 12 rings (SSSR count). The zero-order valence-electron chi connectivity index (χ0n) is 28.2. The van der Waals surface area contributed by atoms with E-state index in [0.29, 0.717) is 0 Å². The van der Waals surface area contributed by atoms with Gasteiger partial charge in [-0.1, -0.05) is 123 Å². The molecule has 0 unspecified atom stereocenters. The van der Waals surface area contributed by atoms with Crippen molar-refractivity contribution in [2.75, 3.05) is 0 Å². The lowest BCUT2D eigenvalue weighted by Gasteiger charge is -2.21. The summed E-state index contributed by atoms with van der Waals surface area (Å²) in [5, 5.41) is 12.9. The lowest BCUT2D eigenvalue weighted by Crippen LogP contribution is -2.14. The molecular weight excluding hydrogens is 637 g/mol. The van der Waals surface area contributed by atoms with Gasteiger partial charge in [-0.2, -0.15) is 0 Å². The molecule has 1 aliphatic rings. The zero-order chi connectivity index (χ0) is 33.6.